The molecule has 0 radical (unpaired) electrons. The van der Waals surface area contributed by atoms with Crippen LogP contribution in [0.1, 0.15) is 61.5 Å². The molecule has 4 bridgehead atoms. The number of esters is 2. The molecule has 4 heteroatoms. The summed E-state index contributed by atoms with van der Waals surface area (Å²) in [7, 11) is 2.89. The molecule has 4 aromatic carbocycles. The van der Waals surface area contributed by atoms with E-state index in [-0.39, 0.29) is 29.7 Å². The van der Waals surface area contributed by atoms with Gasteiger partial charge in [0, 0.05) is 17.8 Å². The van der Waals surface area contributed by atoms with Gasteiger partial charge in [-0.1, -0.05) is 91.0 Å². The Balaban J connectivity index is 1.71. The van der Waals surface area contributed by atoms with Gasteiger partial charge >= 0.3 is 11.9 Å². The highest BCUT2D eigenvalue weighted by Crippen LogP contribution is 2.63. The number of benzene rings is 4. The van der Waals surface area contributed by atoms with Gasteiger partial charge in [0.15, 0.2) is 0 Å². The largest absolute Gasteiger partial charge is 0.468 e. The first-order chi connectivity index (χ1) is 17.6. The smallest absolute Gasteiger partial charge is 0.338 e. The van der Waals surface area contributed by atoms with Crippen LogP contribution in [0.2, 0.25) is 0 Å². The standard InChI is InChI=1S/C32H24O4/c1-35-30(33)29-19-10-4-3-9-18(19)17-23-26-16-15-22(28(23)29)27-20-11-5-7-13-24(20)32(26,31(34)36-2)25-14-8-6-12-21(25)27/h3-17,22,26-27H,1-2H3. The zero-order valence-corrected chi connectivity index (χ0v) is 20.0. The van der Waals surface area contributed by atoms with Gasteiger partial charge in [0.25, 0.3) is 0 Å². The van der Waals surface area contributed by atoms with E-state index in [1.807, 2.05) is 48.5 Å². The number of carbonyl (C=O) groups excluding carboxylic acids is 2. The van der Waals surface area contributed by atoms with Gasteiger partial charge < -0.3 is 9.47 Å². The fourth-order valence-electron chi connectivity index (χ4n) is 7.21. The monoisotopic (exact) mass is 472 g/mol. The van der Waals surface area contributed by atoms with Crippen LogP contribution in [0.15, 0.2) is 91.0 Å². The quantitative estimate of drug-likeness (QED) is 0.266. The number of hydrogen-bond acceptors (Lipinski definition) is 4. The molecule has 0 heterocycles. The molecule has 0 N–H and O–H groups in total. The summed E-state index contributed by atoms with van der Waals surface area (Å²) >= 11 is 0. The molecule has 4 aromatic rings. The molecule has 0 aromatic heterocycles. The van der Waals surface area contributed by atoms with Crippen molar-refractivity contribution in [3.05, 3.63) is 130 Å². The molecule has 0 saturated heterocycles. The summed E-state index contributed by atoms with van der Waals surface area (Å²) < 4.78 is 11.0. The summed E-state index contributed by atoms with van der Waals surface area (Å²) in [5, 5.41) is 1.82. The van der Waals surface area contributed by atoms with E-state index < -0.39 is 5.41 Å². The number of fused-ring (bicyclic) bond motifs is 1. The van der Waals surface area contributed by atoms with Crippen LogP contribution >= 0.6 is 0 Å². The van der Waals surface area contributed by atoms with Gasteiger partial charge in [-0.3, -0.25) is 4.79 Å². The predicted molar refractivity (Wildman–Crippen MR) is 137 cm³/mol. The van der Waals surface area contributed by atoms with E-state index in [1.54, 1.807) is 0 Å². The van der Waals surface area contributed by atoms with E-state index in [0.29, 0.717) is 5.56 Å². The Morgan fingerprint density at radius 1 is 0.750 bits per heavy atom. The third-order valence-corrected chi connectivity index (χ3v) is 8.46. The van der Waals surface area contributed by atoms with E-state index in [9.17, 15) is 9.59 Å². The molecule has 0 saturated carbocycles. The van der Waals surface area contributed by atoms with Crippen LogP contribution in [0.25, 0.3) is 10.8 Å². The second-order valence-corrected chi connectivity index (χ2v) is 9.81. The number of allylic oxidation sites excluding steroid dienone is 2. The van der Waals surface area contributed by atoms with Crippen molar-refractivity contribution in [2.75, 3.05) is 14.2 Å². The molecule has 8 rings (SSSR count). The second-order valence-electron chi connectivity index (χ2n) is 9.81. The van der Waals surface area contributed by atoms with Crippen molar-refractivity contribution in [3.63, 3.8) is 0 Å². The molecular formula is C32H24O4. The molecule has 4 nitrogen and oxygen atoms in total. The van der Waals surface area contributed by atoms with Crippen molar-refractivity contribution < 1.29 is 19.1 Å². The third kappa shape index (κ3) is 2.39. The SMILES string of the molecule is COC(=O)c1c2c(cc3ccccc13)C1C=CC2C2c3ccccc3C1(C(=O)OC)c1ccccc12. The van der Waals surface area contributed by atoms with Crippen LogP contribution in [0, 0.1) is 0 Å². The van der Waals surface area contributed by atoms with Crippen LogP contribution in [0.5, 0.6) is 0 Å². The van der Waals surface area contributed by atoms with Crippen molar-refractivity contribution in [1.29, 1.82) is 0 Å². The Morgan fingerprint density at radius 3 is 2.06 bits per heavy atom. The summed E-state index contributed by atoms with van der Waals surface area (Å²) in [4.78, 5) is 27.5. The number of methoxy groups -OCH3 is 2. The van der Waals surface area contributed by atoms with Gasteiger partial charge in [-0.05, 0) is 44.2 Å². The maximum Gasteiger partial charge on any atom is 0.338 e. The van der Waals surface area contributed by atoms with Gasteiger partial charge in [-0.2, -0.15) is 0 Å². The first kappa shape index (κ1) is 21.1. The molecule has 176 valence electrons. The maximum atomic E-state index is 14.1. The second kappa shape index (κ2) is 7.41. The van der Waals surface area contributed by atoms with Gasteiger partial charge in [-0.25, -0.2) is 4.79 Å². The Kier molecular flexibility index (Phi) is 4.35. The highest BCUT2D eigenvalue weighted by molar-refractivity contribution is 6.07. The molecule has 4 aliphatic rings. The molecule has 4 aliphatic carbocycles. The molecule has 0 spiro atoms. The van der Waals surface area contributed by atoms with Crippen LogP contribution in [0.4, 0.5) is 0 Å². The molecule has 2 unspecified atom stereocenters. The lowest BCUT2D eigenvalue weighted by Crippen LogP contribution is -2.50. The molecule has 0 amide bonds. The maximum absolute atomic E-state index is 14.1. The van der Waals surface area contributed by atoms with Crippen LogP contribution in [0.3, 0.4) is 0 Å². The summed E-state index contributed by atoms with van der Waals surface area (Å²) in [6, 6.07) is 26.5. The number of hydrogen-bond donors (Lipinski definition) is 0. The Hall–Kier alpha value is -4.18. The van der Waals surface area contributed by atoms with Crippen molar-refractivity contribution in [3.8, 4) is 0 Å². The molecule has 36 heavy (non-hydrogen) atoms. The van der Waals surface area contributed by atoms with Crippen LogP contribution in [-0.4, -0.2) is 26.2 Å². The predicted octanol–water partition coefficient (Wildman–Crippen LogP) is 5.98. The van der Waals surface area contributed by atoms with Gasteiger partial charge in [0.1, 0.15) is 5.41 Å². The lowest BCUT2D eigenvalue weighted by Gasteiger charge is -2.52. The van der Waals surface area contributed by atoms with Gasteiger partial charge in [0.2, 0.25) is 0 Å². The normalized spacial score (nSPS) is 24.3. The Labute approximate surface area is 209 Å². The highest BCUT2D eigenvalue weighted by Gasteiger charge is 2.59. The Bertz CT molecular complexity index is 1580. The number of ether oxygens (including phenoxy) is 2. The summed E-state index contributed by atoms with van der Waals surface area (Å²) in [6.45, 7) is 0. The van der Waals surface area contributed by atoms with Crippen molar-refractivity contribution in [2.24, 2.45) is 0 Å². The first-order valence-corrected chi connectivity index (χ1v) is 12.2. The number of carbonyl (C=O) groups is 2. The minimum Gasteiger partial charge on any atom is -0.468 e. The minimum atomic E-state index is -1.08. The highest BCUT2D eigenvalue weighted by atomic mass is 16.5. The first-order valence-electron chi connectivity index (χ1n) is 12.2. The molecule has 2 atom stereocenters. The third-order valence-electron chi connectivity index (χ3n) is 8.46. The van der Waals surface area contributed by atoms with E-state index in [0.717, 1.165) is 44.2 Å². The summed E-state index contributed by atoms with van der Waals surface area (Å²) in [6.07, 6.45) is 4.36. The van der Waals surface area contributed by atoms with E-state index in [4.69, 9.17) is 9.47 Å². The molecule has 0 aliphatic heterocycles. The van der Waals surface area contributed by atoms with E-state index in [2.05, 4.69) is 42.5 Å². The van der Waals surface area contributed by atoms with Crippen molar-refractivity contribution in [1.82, 2.24) is 0 Å². The van der Waals surface area contributed by atoms with Gasteiger partial charge in [0.05, 0.1) is 19.8 Å². The van der Waals surface area contributed by atoms with Crippen molar-refractivity contribution in [2.45, 2.75) is 23.2 Å². The zero-order valence-electron chi connectivity index (χ0n) is 20.0. The fraction of sp³-hybridized carbons (Fsp3) is 0.188. The average Bonchev–Trinajstić information content (AvgIpc) is 2.92. The lowest BCUT2D eigenvalue weighted by molar-refractivity contribution is -0.146. The molecular weight excluding hydrogens is 448 g/mol. The lowest BCUT2D eigenvalue weighted by atomic mass is 9.49. The van der Waals surface area contributed by atoms with Crippen molar-refractivity contribution >= 4 is 22.7 Å². The van der Waals surface area contributed by atoms with E-state index in [1.165, 1.54) is 14.2 Å². The molecule has 0 fully saturated rings. The van der Waals surface area contributed by atoms with E-state index >= 15 is 0 Å². The minimum absolute atomic E-state index is 0.0593. The fourth-order valence-corrected chi connectivity index (χ4v) is 7.21. The van der Waals surface area contributed by atoms with Gasteiger partial charge in [-0.15, -0.1) is 0 Å². The average molecular weight is 473 g/mol. The zero-order chi connectivity index (χ0) is 24.6. The Morgan fingerprint density at radius 2 is 1.39 bits per heavy atom. The number of rotatable bonds is 2. The topological polar surface area (TPSA) is 52.6 Å². The van der Waals surface area contributed by atoms with Crippen LogP contribution < -0.4 is 0 Å². The van der Waals surface area contributed by atoms with Crippen LogP contribution in [-0.2, 0) is 19.7 Å². The summed E-state index contributed by atoms with van der Waals surface area (Å²) in [5.41, 5.74) is 5.64. The summed E-state index contributed by atoms with van der Waals surface area (Å²) in [5.74, 6) is -1.15.